The molecular formula is C9H15N3O. The number of hydrogen-bond donors (Lipinski definition) is 1. The van der Waals surface area contributed by atoms with Gasteiger partial charge in [-0.25, -0.2) is 0 Å². The second kappa shape index (κ2) is 3.46. The highest BCUT2D eigenvalue weighted by Crippen LogP contribution is 2.35. The topological polar surface area (TPSA) is 64.9 Å². The molecule has 1 aliphatic carbocycles. The molecule has 0 amide bonds. The Bertz CT molecular complexity index is 261. The lowest BCUT2D eigenvalue weighted by atomic mass is 9.85. The van der Waals surface area contributed by atoms with Gasteiger partial charge in [-0.15, -0.1) is 10.2 Å². The predicted octanol–water partition coefficient (Wildman–Crippen LogP) is 1.75. The highest BCUT2D eigenvalue weighted by Gasteiger charge is 2.25. The van der Waals surface area contributed by atoms with Gasteiger partial charge in [-0.3, -0.25) is 0 Å². The van der Waals surface area contributed by atoms with Gasteiger partial charge in [-0.05, 0) is 19.3 Å². The summed E-state index contributed by atoms with van der Waals surface area (Å²) >= 11 is 0. The van der Waals surface area contributed by atoms with Crippen molar-refractivity contribution in [3.8, 4) is 0 Å². The van der Waals surface area contributed by atoms with Crippen molar-refractivity contribution in [1.82, 2.24) is 10.2 Å². The summed E-state index contributed by atoms with van der Waals surface area (Å²) in [7, 11) is 0. The quantitative estimate of drug-likeness (QED) is 0.771. The van der Waals surface area contributed by atoms with Crippen molar-refractivity contribution in [2.75, 3.05) is 0 Å². The van der Waals surface area contributed by atoms with Gasteiger partial charge in [0.15, 0.2) is 0 Å². The zero-order chi connectivity index (χ0) is 9.26. The summed E-state index contributed by atoms with van der Waals surface area (Å²) in [5.41, 5.74) is 5.77. The van der Waals surface area contributed by atoms with Crippen molar-refractivity contribution in [3.05, 3.63) is 11.8 Å². The molecule has 2 rings (SSSR count). The van der Waals surface area contributed by atoms with E-state index in [9.17, 15) is 0 Å². The summed E-state index contributed by atoms with van der Waals surface area (Å²) in [5.74, 6) is 1.87. The van der Waals surface area contributed by atoms with Crippen molar-refractivity contribution in [2.45, 2.75) is 44.6 Å². The maximum absolute atomic E-state index is 5.77. The van der Waals surface area contributed by atoms with E-state index in [4.69, 9.17) is 10.2 Å². The van der Waals surface area contributed by atoms with E-state index in [0.717, 1.165) is 12.3 Å². The number of nitrogens with zero attached hydrogens (tertiary/aromatic N) is 2. The summed E-state index contributed by atoms with van der Waals surface area (Å²) in [6, 6.07) is -0.0960. The first-order valence-corrected chi connectivity index (χ1v) is 4.90. The highest BCUT2D eigenvalue weighted by molar-refractivity contribution is 4.97. The number of rotatable bonds is 3. The first-order valence-electron chi connectivity index (χ1n) is 4.90. The van der Waals surface area contributed by atoms with Crippen molar-refractivity contribution >= 4 is 0 Å². The third kappa shape index (κ3) is 1.58. The second-order valence-electron chi connectivity index (χ2n) is 3.62. The molecule has 0 saturated heterocycles. The van der Waals surface area contributed by atoms with Crippen LogP contribution in [0.25, 0.3) is 0 Å². The minimum absolute atomic E-state index is 0.0960. The molecule has 0 radical (unpaired) electrons. The van der Waals surface area contributed by atoms with Crippen molar-refractivity contribution < 1.29 is 4.42 Å². The Balaban J connectivity index is 2.08. The summed E-state index contributed by atoms with van der Waals surface area (Å²) < 4.78 is 5.49. The Hall–Kier alpha value is -0.900. The van der Waals surface area contributed by atoms with Crippen LogP contribution >= 0.6 is 0 Å². The van der Waals surface area contributed by atoms with Crippen LogP contribution in [0, 0.1) is 0 Å². The van der Waals surface area contributed by atoms with E-state index in [1.165, 1.54) is 19.3 Å². The molecule has 72 valence electrons. The molecule has 1 unspecified atom stereocenters. The Morgan fingerprint density at radius 2 is 2.31 bits per heavy atom. The maximum atomic E-state index is 5.77. The van der Waals surface area contributed by atoms with Gasteiger partial charge in [-0.2, -0.15) is 0 Å². The van der Waals surface area contributed by atoms with Crippen molar-refractivity contribution in [2.24, 2.45) is 5.73 Å². The molecule has 0 spiro atoms. The van der Waals surface area contributed by atoms with E-state index in [-0.39, 0.29) is 6.04 Å². The average molecular weight is 181 g/mol. The van der Waals surface area contributed by atoms with E-state index in [0.29, 0.717) is 11.8 Å². The molecule has 0 aromatic carbocycles. The lowest BCUT2D eigenvalue weighted by Gasteiger charge is -2.20. The Morgan fingerprint density at radius 3 is 2.85 bits per heavy atom. The highest BCUT2D eigenvalue weighted by atomic mass is 16.4. The third-order valence-electron chi connectivity index (χ3n) is 2.67. The molecule has 1 heterocycles. The molecule has 1 atom stereocenters. The fourth-order valence-corrected chi connectivity index (χ4v) is 1.39. The molecule has 1 saturated carbocycles. The van der Waals surface area contributed by atoms with Crippen LogP contribution in [0.3, 0.4) is 0 Å². The fourth-order valence-electron chi connectivity index (χ4n) is 1.39. The average Bonchev–Trinajstić information content (AvgIpc) is 2.49. The largest absolute Gasteiger partial charge is 0.423 e. The van der Waals surface area contributed by atoms with Crippen LogP contribution in [0.5, 0.6) is 0 Å². The lowest BCUT2D eigenvalue weighted by Crippen LogP contribution is -2.09. The van der Waals surface area contributed by atoms with Gasteiger partial charge in [-0.1, -0.05) is 13.3 Å². The van der Waals surface area contributed by atoms with E-state index in [1.807, 2.05) is 6.92 Å². The van der Waals surface area contributed by atoms with Crippen molar-refractivity contribution in [3.63, 3.8) is 0 Å². The van der Waals surface area contributed by atoms with E-state index in [2.05, 4.69) is 10.2 Å². The second-order valence-corrected chi connectivity index (χ2v) is 3.62. The van der Waals surface area contributed by atoms with Crippen LogP contribution in [-0.2, 0) is 0 Å². The van der Waals surface area contributed by atoms with Gasteiger partial charge < -0.3 is 10.2 Å². The molecule has 1 aromatic rings. The minimum atomic E-state index is -0.0960. The predicted molar refractivity (Wildman–Crippen MR) is 48.1 cm³/mol. The molecule has 1 fully saturated rings. The molecule has 1 aliphatic rings. The third-order valence-corrected chi connectivity index (χ3v) is 2.67. The number of hydrogen-bond acceptors (Lipinski definition) is 4. The van der Waals surface area contributed by atoms with Crippen LogP contribution < -0.4 is 5.73 Å². The summed E-state index contributed by atoms with van der Waals surface area (Å²) in [6.07, 6.45) is 4.49. The normalized spacial score (nSPS) is 19.8. The monoisotopic (exact) mass is 181 g/mol. The fraction of sp³-hybridized carbons (Fsp3) is 0.778. The number of nitrogens with two attached hydrogens (primary N) is 1. The first-order chi connectivity index (χ1) is 6.31. The lowest BCUT2D eigenvalue weighted by molar-refractivity contribution is 0.316. The van der Waals surface area contributed by atoms with E-state index in [1.54, 1.807) is 0 Å². The zero-order valence-electron chi connectivity index (χ0n) is 7.86. The van der Waals surface area contributed by atoms with Gasteiger partial charge in [0.1, 0.15) is 0 Å². The smallest absolute Gasteiger partial charge is 0.233 e. The van der Waals surface area contributed by atoms with E-state index < -0.39 is 0 Å². The first kappa shape index (κ1) is 8.69. The Morgan fingerprint density at radius 1 is 1.54 bits per heavy atom. The molecule has 2 N–H and O–H groups in total. The van der Waals surface area contributed by atoms with Gasteiger partial charge >= 0.3 is 0 Å². The van der Waals surface area contributed by atoms with Crippen LogP contribution in [0.1, 0.15) is 56.3 Å². The molecular weight excluding hydrogens is 166 g/mol. The number of aromatic nitrogens is 2. The molecule has 0 aliphatic heterocycles. The van der Waals surface area contributed by atoms with Crippen LogP contribution in [0.15, 0.2) is 4.42 Å². The van der Waals surface area contributed by atoms with E-state index >= 15 is 0 Å². The molecule has 4 heteroatoms. The Labute approximate surface area is 77.5 Å². The molecule has 1 aromatic heterocycles. The van der Waals surface area contributed by atoms with Crippen LogP contribution in [0.4, 0.5) is 0 Å². The zero-order valence-corrected chi connectivity index (χ0v) is 7.86. The molecule has 13 heavy (non-hydrogen) atoms. The summed E-state index contributed by atoms with van der Waals surface area (Å²) in [4.78, 5) is 0. The minimum Gasteiger partial charge on any atom is -0.423 e. The SMILES string of the molecule is CCC(N)c1nnc(C2CCC2)o1. The molecule has 0 bridgehead atoms. The van der Waals surface area contributed by atoms with Crippen LogP contribution in [0.2, 0.25) is 0 Å². The maximum Gasteiger partial charge on any atom is 0.233 e. The standard InChI is InChI=1S/C9H15N3O/c1-2-7(10)9-12-11-8(13-9)6-4-3-5-6/h6-7H,2-5,10H2,1H3. The molecule has 4 nitrogen and oxygen atoms in total. The van der Waals surface area contributed by atoms with Gasteiger partial charge in [0.2, 0.25) is 11.8 Å². The van der Waals surface area contributed by atoms with Crippen molar-refractivity contribution in [1.29, 1.82) is 0 Å². The van der Waals surface area contributed by atoms with Crippen LogP contribution in [-0.4, -0.2) is 10.2 Å². The van der Waals surface area contributed by atoms with Gasteiger partial charge in [0, 0.05) is 5.92 Å². The van der Waals surface area contributed by atoms with Gasteiger partial charge in [0.05, 0.1) is 6.04 Å². The summed E-state index contributed by atoms with van der Waals surface area (Å²) in [6.45, 7) is 2.01. The Kier molecular flexibility index (Phi) is 2.31. The summed E-state index contributed by atoms with van der Waals surface area (Å²) in [5, 5.41) is 7.96. The van der Waals surface area contributed by atoms with Gasteiger partial charge in [0.25, 0.3) is 0 Å².